The summed E-state index contributed by atoms with van der Waals surface area (Å²) in [4.78, 5) is 59.3. The molecular formula is C17H31N5O8S. The third-order valence-electron chi connectivity index (χ3n) is 4.11. The summed E-state index contributed by atoms with van der Waals surface area (Å²) in [5, 5.41) is 35.3. The van der Waals surface area contributed by atoms with E-state index in [0.717, 1.165) is 6.92 Å². The summed E-state index contributed by atoms with van der Waals surface area (Å²) in [5.41, 5.74) is 10.7. The number of aliphatic hydroxyl groups excluding tert-OH is 2. The van der Waals surface area contributed by atoms with Gasteiger partial charge in [0.05, 0.1) is 24.7 Å². The van der Waals surface area contributed by atoms with Crippen LogP contribution in [-0.4, -0.2) is 93.3 Å². The third-order valence-corrected chi connectivity index (χ3v) is 4.76. The Morgan fingerprint density at radius 3 is 1.74 bits per heavy atom. The molecule has 0 aliphatic rings. The predicted octanol–water partition coefficient (Wildman–Crippen LogP) is -3.76. The Morgan fingerprint density at radius 2 is 1.35 bits per heavy atom. The Labute approximate surface area is 183 Å². The highest BCUT2D eigenvalue weighted by Crippen LogP contribution is 2.03. The predicted molar refractivity (Wildman–Crippen MR) is 112 cm³/mol. The number of nitrogens with two attached hydrogens (primary N) is 2. The first kappa shape index (κ1) is 28.6. The van der Waals surface area contributed by atoms with Gasteiger partial charge in [-0.2, -0.15) is 11.8 Å². The van der Waals surface area contributed by atoms with Crippen LogP contribution in [0.1, 0.15) is 26.7 Å². The van der Waals surface area contributed by atoms with Crippen LogP contribution >= 0.6 is 11.8 Å². The lowest BCUT2D eigenvalue weighted by atomic mass is 10.1. The molecule has 6 atom stereocenters. The van der Waals surface area contributed by atoms with Crippen molar-refractivity contribution in [3.05, 3.63) is 0 Å². The molecule has 4 amide bonds. The number of aliphatic hydroxyl groups is 2. The molecule has 0 bridgehead atoms. The Morgan fingerprint density at radius 1 is 0.903 bits per heavy atom. The molecule has 0 aromatic carbocycles. The second-order valence-electron chi connectivity index (χ2n) is 6.91. The number of carboxylic acid groups (broad SMARTS) is 1. The van der Waals surface area contributed by atoms with Gasteiger partial charge in [0.25, 0.3) is 0 Å². The molecule has 0 aromatic rings. The number of carboxylic acids is 1. The first-order valence-corrected chi connectivity index (χ1v) is 10.7. The number of carbonyl (C=O) groups is 5. The summed E-state index contributed by atoms with van der Waals surface area (Å²) in [6, 6.07) is -5.75. The molecule has 0 saturated heterocycles. The van der Waals surface area contributed by atoms with Crippen molar-refractivity contribution in [2.75, 3.05) is 12.0 Å². The number of primary amides is 1. The molecule has 178 valence electrons. The molecule has 6 unspecified atom stereocenters. The van der Waals surface area contributed by atoms with Crippen molar-refractivity contribution in [1.82, 2.24) is 16.0 Å². The highest BCUT2D eigenvalue weighted by molar-refractivity contribution is 7.98. The molecule has 0 radical (unpaired) electrons. The summed E-state index contributed by atoms with van der Waals surface area (Å²) < 4.78 is 0. The van der Waals surface area contributed by atoms with Gasteiger partial charge in [-0.25, -0.2) is 4.79 Å². The zero-order chi connectivity index (χ0) is 24.3. The lowest BCUT2D eigenvalue weighted by molar-refractivity contribution is -0.144. The van der Waals surface area contributed by atoms with Crippen LogP contribution in [-0.2, 0) is 24.0 Å². The van der Waals surface area contributed by atoms with E-state index in [2.05, 4.69) is 10.6 Å². The van der Waals surface area contributed by atoms with E-state index in [1.165, 1.54) is 18.7 Å². The third kappa shape index (κ3) is 10.4. The Hall–Kier alpha value is -2.42. The minimum Gasteiger partial charge on any atom is -0.480 e. The zero-order valence-electron chi connectivity index (χ0n) is 17.5. The molecule has 31 heavy (non-hydrogen) atoms. The fraction of sp³-hybridized carbons (Fsp3) is 0.706. The second kappa shape index (κ2) is 13.8. The van der Waals surface area contributed by atoms with Crippen molar-refractivity contribution in [3.63, 3.8) is 0 Å². The number of nitrogens with one attached hydrogen (secondary N) is 3. The first-order valence-electron chi connectivity index (χ1n) is 9.34. The number of aliphatic carboxylic acids is 1. The second-order valence-corrected chi connectivity index (χ2v) is 7.90. The molecule has 0 saturated carbocycles. The van der Waals surface area contributed by atoms with Crippen LogP contribution in [0.25, 0.3) is 0 Å². The molecule has 0 spiro atoms. The largest absolute Gasteiger partial charge is 0.480 e. The van der Waals surface area contributed by atoms with Gasteiger partial charge in [0.1, 0.15) is 18.1 Å². The summed E-state index contributed by atoms with van der Waals surface area (Å²) in [6.07, 6.45) is -1.41. The first-order chi connectivity index (χ1) is 14.3. The molecule has 13 nitrogen and oxygen atoms in total. The van der Waals surface area contributed by atoms with E-state index in [1.807, 2.05) is 11.6 Å². The van der Waals surface area contributed by atoms with E-state index in [4.69, 9.17) is 16.6 Å². The number of hydrogen-bond acceptors (Lipinski definition) is 9. The van der Waals surface area contributed by atoms with Gasteiger partial charge < -0.3 is 42.7 Å². The van der Waals surface area contributed by atoms with E-state index >= 15 is 0 Å². The van der Waals surface area contributed by atoms with Gasteiger partial charge in [-0.15, -0.1) is 0 Å². The number of hydrogen-bond donors (Lipinski definition) is 8. The molecular weight excluding hydrogens is 434 g/mol. The number of rotatable bonds is 14. The highest BCUT2D eigenvalue weighted by atomic mass is 32.2. The molecule has 10 N–H and O–H groups in total. The van der Waals surface area contributed by atoms with Crippen molar-refractivity contribution in [3.8, 4) is 0 Å². The maximum Gasteiger partial charge on any atom is 0.326 e. The fourth-order valence-electron chi connectivity index (χ4n) is 2.35. The van der Waals surface area contributed by atoms with E-state index in [9.17, 15) is 34.2 Å². The molecule has 0 aromatic heterocycles. The average Bonchev–Trinajstić information content (AvgIpc) is 2.66. The van der Waals surface area contributed by atoms with Crippen molar-refractivity contribution in [2.45, 2.75) is 63.1 Å². The lowest BCUT2D eigenvalue weighted by Crippen LogP contribution is -2.62. The molecule has 14 heteroatoms. The summed E-state index contributed by atoms with van der Waals surface area (Å²) in [5.74, 6) is -4.75. The van der Waals surface area contributed by atoms with Gasteiger partial charge >= 0.3 is 5.97 Å². The zero-order valence-corrected chi connectivity index (χ0v) is 18.3. The van der Waals surface area contributed by atoms with Gasteiger partial charge in [-0.1, -0.05) is 0 Å². The molecule has 0 aliphatic heterocycles. The van der Waals surface area contributed by atoms with Gasteiger partial charge in [-0.3, -0.25) is 19.2 Å². The van der Waals surface area contributed by atoms with Crippen LogP contribution in [0.2, 0.25) is 0 Å². The van der Waals surface area contributed by atoms with E-state index in [-0.39, 0.29) is 0 Å². The van der Waals surface area contributed by atoms with Crippen LogP contribution in [0.15, 0.2) is 0 Å². The summed E-state index contributed by atoms with van der Waals surface area (Å²) in [7, 11) is 0. The van der Waals surface area contributed by atoms with Crippen LogP contribution in [0.5, 0.6) is 0 Å². The molecule has 0 fully saturated rings. The van der Waals surface area contributed by atoms with E-state index in [0.29, 0.717) is 12.2 Å². The minimum absolute atomic E-state index is 0.330. The van der Waals surface area contributed by atoms with Gasteiger partial charge in [0.2, 0.25) is 23.6 Å². The van der Waals surface area contributed by atoms with Crippen molar-refractivity contribution in [2.24, 2.45) is 11.5 Å². The van der Waals surface area contributed by atoms with Crippen LogP contribution in [0.4, 0.5) is 0 Å². The number of thioether (sulfide) groups is 1. The van der Waals surface area contributed by atoms with Crippen LogP contribution < -0.4 is 27.4 Å². The van der Waals surface area contributed by atoms with Crippen molar-refractivity contribution >= 4 is 41.4 Å². The quantitative estimate of drug-likeness (QED) is 0.125. The maximum atomic E-state index is 12.6. The molecule has 0 aliphatic carbocycles. The SMILES string of the molecule is CSCCC(N)C(=O)NC(C(=O)NC(C(=O)NC(CC(N)=O)C(=O)O)C(C)O)C(C)O. The van der Waals surface area contributed by atoms with Gasteiger partial charge in [-0.05, 0) is 32.3 Å². The minimum atomic E-state index is -1.68. The fourth-order valence-corrected chi connectivity index (χ4v) is 2.84. The van der Waals surface area contributed by atoms with Gasteiger partial charge in [0.15, 0.2) is 0 Å². The Balaban J connectivity index is 5.31. The number of carbonyl (C=O) groups excluding carboxylic acids is 4. The molecule has 0 rings (SSSR count). The maximum absolute atomic E-state index is 12.6. The van der Waals surface area contributed by atoms with Gasteiger partial charge in [0, 0.05) is 0 Å². The topological polar surface area (TPSA) is 234 Å². The lowest BCUT2D eigenvalue weighted by Gasteiger charge is -2.27. The summed E-state index contributed by atoms with van der Waals surface area (Å²) >= 11 is 1.47. The highest BCUT2D eigenvalue weighted by Gasteiger charge is 2.34. The smallest absolute Gasteiger partial charge is 0.326 e. The summed E-state index contributed by atoms with van der Waals surface area (Å²) in [6.45, 7) is 2.38. The standard InChI is InChI=1S/C17H31N5O8S/c1-7(23)12(15(27)20-10(17(29)30)6-11(19)25)22-16(28)13(8(2)24)21-14(26)9(18)4-5-31-3/h7-10,12-13,23-24H,4-6,18H2,1-3H3,(H2,19,25)(H,20,27)(H,21,26)(H,22,28)(H,29,30). The number of amides is 4. The molecule has 0 heterocycles. The normalized spacial score (nSPS) is 16.7. The average molecular weight is 466 g/mol. The van der Waals surface area contributed by atoms with E-state index < -0.39 is 72.4 Å². The van der Waals surface area contributed by atoms with Crippen LogP contribution in [0, 0.1) is 0 Å². The van der Waals surface area contributed by atoms with E-state index in [1.54, 1.807) is 0 Å². The van der Waals surface area contributed by atoms with Crippen molar-refractivity contribution in [1.29, 1.82) is 0 Å². The van der Waals surface area contributed by atoms with Crippen molar-refractivity contribution < 1.29 is 39.3 Å². The Bertz CT molecular complexity index is 660. The van der Waals surface area contributed by atoms with Crippen LogP contribution in [0.3, 0.4) is 0 Å². The monoisotopic (exact) mass is 465 g/mol. The Kier molecular flexibility index (Phi) is 12.7.